The summed E-state index contributed by atoms with van der Waals surface area (Å²) in [6.45, 7) is 1.68. The van der Waals surface area contributed by atoms with Crippen LogP contribution in [0.3, 0.4) is 0 Å². The first-order valence-corrected chi connectivity index (χ1v) is 8.52. The number of aryl methyl sites for hydroxylation is 1. The van der Waals surface area contributed by atoms with Crippen LogP contribution in [-0.4, -0.2) is 22.6 Å². The van der Waals surface area contributed by atoms with Gasteiger partial charge in [0.05, 0.1) is 30.7 Å². The molecule has 5 nitrogen and oxygen atoms in total. The molecule has 0 aromatic heterocycles. The second-order valence-electron chi connectivity index (χ2n) is 4.83. The van der Waals surface area contributed by atoms with Gasteiger partial charge in [-0.25, -0.2) is 0 Å². The van der Waals surface area contributed by atoms with Crippen molar-refractivity contribution in [3.8, 4) is 11.5 Å². The summed E-state index contributed by atoms with van der Waals surface area (Å²) >= 11 is 6.12. The Morgan fingerprint density at radius 2 is 1.57 bits per heavy atom. The van der Waals surface area contributed by atoms with Gasteiger partial charge in [-0.3, -0.25) is 4.18 Å². The molecule has 0 saturated heterocycles. The third-order valence-corrected chi connectivity index (χ3v) is 4.86. The van der Waals surface area contributed by atoms with Gasteiger partial charge in [-0.2, -0.15) is 8.42 Å². The summed E-state index contributed by atoms with van der Waals surface area (Å²) in [4.78, 5) is 0.0969. The van der Waals surface area contributed by atoms with Gasteiger partial charge in [0.15, 0.2) is 11.5 Å². The fraction of sp³-hybridized carbons (Fsp3) is 0.250. The van der Waals surface area contributed by atoms with Crippen LogP contribution in [0.2, 0.25) is 5.02 Å². The molecule has 0 fully saturated rings. The van der Waals surface area contributed by atoms with Crippen LogP contribution >= 0.6 is 11.6 Å². The van der Waals surface area contributed by atoms with Gasteiger partial charge >= 0.3 is 0 Å². The van der Waals surface area contributed by atoms with E-state index in [0.717, 1.165) is 5.56 Å². The fourth-order valence-electron chi connectivity index (χ4n) is 1.92. The van der Waals surface area contributed by atoms with Gasteiger partial charge in [0.25, 0.3) is 10.1 Å². The molecular formula is C16H17ClO5S. The lowest BCUT2D eigenvalue weighted by molar-refractivity contribution is 0.306. The largest absolute Gasteiger partial charge is 0.493 e. The summed E-state index contributed by atoms with van der Waals surface area (Å²) in [5, 5.41) is 0.335. The molecule has 0 aliphatic carbocycles. The van der Waals surface area contributed by atoms with Crippen LogP contribution in [0.4, 0.5) is 0 Å². The van der Waals surface area contributed by atoms with Crippen molar-refractivity contribution in [3.05, 3.63) is 52.5 Å². The van der Waals surface area contributed by atoms with Gasteiger partial charge in [-0.1, -0.05) is 29.3 Å². The first kappa shape index (κ1) is 17.6. The van der Waals surface area contributed by atoms with Crippen LogP contribution in [0.1, 0.15) is 11.1 Å². The summed E-state index contributed by atoms with van der Waals surface area (Å²) in [6, 6.07) is 9.56. The Balaban J connectivity index is 2.21. The molecule has 2 aromatic carbocycles. The van der Waals surface area contributed by atoms with Crippen LogP contribution in [0.15, 0.2) is 41.3 Å². The fourth-order valence-corrected chi connectivity index (χ4v) is 3.02. The Morgan fingerprint density at radius 3 is 2.13 bits per heavy atom. The number of hydrogen-bond acceptors (Lipinski definition) is 5. The maximum absolute atomic E-state index is 12.2. The van der Waals surface area contributed by atoms with Crippen molar-refractivity contribution < 1.29 is 22.1 Å². The quantitative estimate of drug-likeness (QED) is 0.740. The van der Waals surface area contributed by atoms with E-state index in [2.05, 4.69) is 0 Å². The minimum absolute atomic E-state index is 0.0969. The Bertz CT molecular complexity index is 785. The van der Waals surface area contributed by atoms with E-state index in [1.165, 1.54) is 26.4 Å². The summed E-state index contributed by atoms with van der Waals surface area (Å²) in [5.41, 5.74) is 1.45. The molecule has 0 aliphatic heterocycles. The number of ether oxygens (including phenoxy) is 2. The average Bonchev–Trinajstić information content (AvgIpc) is 2.53. The van der Waals surface area contributed by atoms with E-state index in [9.17, 15) is 8.42 Å². The van der Waals surface area contributed by atoms with Crippen LogP contribution in [0.25, 0.3) is 0 Å². The summed E-state index contributed by atoms with van der Waals surface area (Å²) in [7, 11) is -0.880. The van der Waals surface area contributed by atoms with E-state index >= 15 is 0 Å². The molecule has 0 atom stereocenters. The van der Waals surface area contributed by atoms with Gasteiger partial charge in [0, 0.05) is 11.6 Å². The highest BCUT2D eigenvalue weighted by Gasteiger charge is 2.17. The van der Waals surface area contributed by atoms with Gasteiger partial charge in [0.1, 0.15) is 0 Å². The number of rotatable bonds is 6. The smallest absolute Gasteiger partial charge is 0.297 e. The molecule has 0 heterocycles. The zero-order chi connectivity index (χ0) is 17.0. The third-order valence-electron chi connectivity index (χ3n) is 3.23. The monoisotopic (exact) mass is 356 g/mol. The minimum Gasteiger partial charge on any atom is -0.493 e. The molecule has 0 spiro atoms. The third kappa shape index (κ3) is 4.16. The SMILES string of the molecule is COc1cc(Cl)c(COS(=O)(=O)c2ccc(C)cc2)cc1OC. The normalized spacial score (nSPS) is 11.3. The lowest BCUT2D eigenvalue weighted by atomic mass is 10.2. The van der Waals surface area contributed by atoms with Crippen LogP contribution in [0.5, 0.6) is 11.5 Å². The van der Waals surface area contributed by atoms with E-state index in [0.29, 0.717) is 22.1 Å². The molecule has 0 N–H and O–H groups in total. The number of halogens is 1. The first-order valence-electron chi connectivity index (χ1n) is 6.74. The molecule has 2 aromatic rings. The van der Waals surface area contributed by atoms with Gasteiger partial charge in [-0.15, -0.1) is 0 Å². The van der Waals surface area contributed by atoms with Crippen molar-refractivity contribution >= 4 is 21.7 Å². The highest BCUT2D eigenvalue weighted by atomic mass is 35.5. The van der Waals surface area contributed by atoms with E-state index in [-0.39, 0.29) is 11.5 Å². The van der Waals surface area contributed by atoms with Gasteiger partial charge in [-0.05, 0) is 25.1 Å². The molecule has 0 saturated carbocycles. The van der Waals surface area contributed by atoms with Gasteiger partial charge in [0.2, 0.25) is 0 Å². The molecule has 23 heavy (non-hydrogen) atoms. The molecule has 2 rings (SSSR count). The molecule has 0 aliphatic rings. The highest BCUT2D eigenvalue weighted by Crippen LogP contribution is 2.33. The maximum Gasteiger partial charge on any atom is 0.297 e. The molecule has 0 radical (unpaired) electrons. The van der Waals surface area contributed by atoms with E-state index in [1.54, 1.807) is 24.3 Å². The van der Waals surface area contributed by atoms with Crippen LogP contribution in [-0.2, 0) is 20.9 Å². The summed E-state index contributed by atoms with van der Waals surface area (Å²) < 4.78 is 39.8. The van der Waals surface area contributed by atoms with Gasteiger partial charge < -0.3 is 9.47 Å². The Kier molecular flexibility index (Phi) is 5.51. The standard InChI is InChI=1S/C16H17ClO5S/c1-11-4-6-13(7-5-11)23(18,19)22-10-12-8-15(20-2)16(21-3)9-14(12)17/h4-9H,10H2,1-3H3. The van der Waals surface area contributed by atoms with Crippen molar-refractivity contribution in [3.63, 3.8) is 0 Å². The average molecular weight is 357 g/mol. The van der Waals surface area contributed by atoms with Crippen molar-refractivity contribution in [2.24, 2.45) is 0 Å². The molecule has 0 unspecified atom stereocenters. The zero-order valence-electron chi connectivity index (χ0n) is 13.0. The Labute approximate surface area is 140 Å². The highest BCUT2D eigenvalue weighted by molar-refractivity contribution is 7.86. The van der Waals surface area contributed by atoms with E-state index in [1.807, 2.05) is 6.92 Å². The second kappa shape index (κ2) is 7.21. The zero-order valence-corrected chi connectivity index (χ0v) is 14.6. The maximum atomic E-state index is 12.2. The molecule has 7 heteroatoms. The topological polar surface area (TPSA) is 61.8 Å². The van der Waals surface area contributed by atoms with Crippen molar-refractivity contribution in [1.29, 1.82) is 0 Å². The van der Waals surface area contributed by atoms with Crippen LogP contribution in [0, 0.1) is 6.92 Å². The Morgan fingerprint density at radius 1 is 1.00 bits per heavy atom. The van der Waals surface area contributed by atoms with Crippen LogP contribution < -0.4 is 9.47 Å². The predicted molar refractivity (Wildman–Crippen MR) is 87.7 cm³/mol. The summed E-state index contributed by atoms with van der Waals surface area (Å²) in [5.74, 6) is 0.908. The lowest BCUT2D eigenvalue weighted by Crippen LogP contribution is -2.07. The van der Waals surface area contributed by atoms with Crippen molar-refractivity contribution in [1.82, 2.24) is 0 Å². The molecular weight excluding hydrogens is 340 g/mol. The molecule has 0 amide bonds. The summed E-state index contributed by atoms with van der Waals surface area (Å²) in [6.07, 6.45) is 0. The Hall–Kier alpha value is -1.76. The van der Waals surface area contributed by atoms with E-state index < -0.39 is 10.1 Å². The number of methoxy groups -OCH3 is 2. The predicted octanol–water partition coefficient (Wildman–Crippen LogP) is 3.57. The lowest BCUT2D eigenvalue weighted by Gasteiger charge is -2.12. The van der Waals surface area contributed by atoms with Crippen molar-refractivity contribution in [2.75, 3.05) is 14.2 Å². The first-order chi connectivity index (χ1) is 10.9. The van der Waals surface area contributed by atoms with Crippen molar-refractivity contribution in [2.45, 2.75) is 18.4 Å². The number of hydrogen-bond donors (Lipinski definition) is 0. The second-order valence-corrected chi connectivity index (χ2v) is 6.85. The molecule has 124 valence electrons. The minimum atomic E-state index is -3.86. The number of benzene rings is 2. The van der Waals surface area contributed by atoms with E-state index in [4.69, 9.17) is 25.3 Å². The molecule has 0 bridgehead atoms.